The van der Waals surface area contributed by atoms with Crippen LogP contribution in [0.4, 0.5) is 14.9 Å². The predicted molar refractivity (Wildman–Crippen MR) is 98.0 cm³/mol. The van der Waals surface area contributed by atoms with Gasteiger partial charge >= 0.3 is 6.09 Å². The fourth-order valence-corrected chi connectivity index (χ4v) is 3.69. The van der Waals surface area contributed by atoms with E-state index in [4.69, 9.17) is 4.74 Å². The zero-order valence-electron chi connectivity index (χ0n) is 15.9. The fourth-order valence-electron chi connectivity index (χ4n) is 3.69. The van der Waals surface area contributed by atoms with Crippen molar-refractivity contribution in [1.29, 1.82) is 0 Å². The zero-order valence-corrected chi connectivity index (χ0v) is 15.9. The SMILES string of the molecule is CC(C)(C)OC(=O)N1CCC[C@H]1C(=O)Nc1cc(F)c2c(c1)CC(C=O)C2. The first-order valence-electron chi connectivity index (χ1n) is 9.25. The van der Waals surface area contributed by atoms with Gasteiger partial charge in [0, 0.05) is 18.2 Å². The summed E-state index contributed by atoms with van der Waals surface area (Å²) in [7, 11) is 0. The van der Waals surface area contributed by atoms with Crippen molar-refractivity contribution in [2.75, 3.05) is 11.9 Å². The third-order valence-electron chi connectivity index (χ3n) is 4.88. The van der Waals surface area contributed by atoms with Crippen molar-refractivity contribution in [3.8, 4) is 0 Å². The number of nitrogens with zero attached hydrogens (tertiary/aromatic N) is 1. The molecule has 1 N–H and O–H groups in total. The lowest BCUT2D eigenvalue weighted by atomic mass is 10.1. The van der Waals surface area contributed by atoms with Gasteiger partial charge in [-0.05, 0) is 69.7 Å². The maximum absolute atomic E-state index is 14.3. The van der Waals surface area contributed by atoms with Gasteiger partial charge in [-0.1, -0.05) is 0 Å². The summed E-state index contributed by atoms with van der Waals surface area (Å²) in [6.45, 7) is 5.77. The lowest BCUT2D eigenvalue weighted by Gasteiger charge is -2.28. The van der Waals surface area contributed by atoms with E-state index in [-0.39, 0.29) is 11.8 Å². The molecular weight excluding hydrogens is 351 g/mol. The molecule has 27 heavy (non-hydrogen) atoms. The fraction of sp³-hybridized carbons (Fsp3) is 0.550. The van der Waals surface area contributed by atoms with E-state index < -0.39 is 23.6 Å². The molecular formula is C20H25FN2O4. The third kappa shape index (κ3) is 4.28. The minimum absolute atomic E-state index is 0.210. The number of aldehydes is 1. The van der Waals surface area contributed by atoms with Crippen molar-refractivity contribution >= 4 is 24.0 Å². The summed E-state index contributed by atoms with van der Waals surface area (Å²) in [6, 6.07) is 2.35. The number of nitrogens with one attached hydrogen (secondary N) is 1. The number of carbonyl (C=O) groups is 3. The van der Waals surface area contributed by atoms with E-state index in [0.717, 1.165) is 11.8 Å². The second kappa shape index (κ2) is 7.29. The molecule has 2 amide bonds. The van der Waals surface area contributed by atoms with E-state index in [9.17, 15) is 18.8 Å². The number of benzene rings is 1. The van der Waals surface area contributed by atoms with Crippen LogP contribution in [0.2, 0.25) is 0 Å². The Kier molecular flexibility index (Phi) is 5.22. The summed E-state index contributed by atoms with van der Waals surface area (Å²) in [5.74, 6) is -0.983. The van der Waals surface area contributed by atoms with Crippen LogP contribution in [0.1, 0.15) is 44.7 Å². The molecule has 1 unspecified atom stereocenters. The summed E-state index contributed by atoms with van der Waals surface area (Å²) in [4.78, 5) is 37.4. The van der Waals surface area contributed by atoms with Gasteiger partial charge < -0.3 is 14.8 Å². The van der Waals surface area contributed by atoms with Crippen molar-refractivity contribution in [3.05, 3.63) is 29.1 Å². The number of rotatable bonds is 3. The Morgan fingerprint density at radius 2 is 2.04 bits per heavy atom. The molecule has 6 nitrogen and oxygen atoms in total. The van der Waals surface area contributed by atoms with Crippen LogP contribution in [0.3, 0.4) is 0 Å². The Hall–Kier alpha value is -2.44. The minimum atomic E-state index is -0.640. The van der Waals surface area contributed by atoms with Crippen molar-refractivity contribution in [2.45, 2.75) is 58.1 Å². The molecule has 1 aromatic rings. The third-order valence-corrected chi connectivity index (χ3v) is 4.88. The van der Waals surface area contributed by atoms with Gasteiger partial charge in [0.05, 0.1) is 0 Å². The summed E-state index contributed by atoms with van der Waals surface area (Å²) >= 11 is 0. The summed E-state index contributed by atoms with van der Waals surface area (Å²) in [6.07, 6.45) is 2.44. The van der Waals surface area contributed by atoms with Crippen LogP contribution < -0.4 is 5.32 Å². The molecule has 0 bridgehead atoms. The van der Waals surface area contributed by atoms with Gasteiger partial charge in [-0.15, -0.1) is 0 Å². The van der Waals surface area contributed by atoms with Crippen LogP contribution >= 0.6 is 0 Å². The first-order chi connectivity index (χ1) is 12.7. The Labute approximate surface area is 158 Å². The van der Waals surface area contributed by atoms with E-state index >= 15 is 0 Å². The molecule has 146 valence electrons. The van der Waals surface area contributed by atoms with Crippen molar-refractivity contribution in [3.63, 3.8) is 0 Å². The molecule has 1 aliphatic heterocycles. The number of amides is 2. The van der Waals surface area contributed by atoms with Crippen LogP contribution in [0, 0.1) is 11.7 Å². The summed E-state index contributed by atoms with van der Waals surface area (Å²) < 4.78 is 19.7. The number of halogens is 1. The van der Waals surface area contributed by atoms with Crippen molar-refractivity contribution in [1.82, 2.24) is 4.90 Å². The largest absolute Gasteiger partial charge is 0.444 e. The number of ether oxygens (including phenoxy) is 1. The number of carbonyl (C=O) groups excluding carboxylic acids is 3. The average Bonchev–Trinajstić information content (AvgIpc) is 3.20. The van der Waals surface area contributed by atoms with Crippen molar-refractivity contribution < 1.29 is 23.5 Å². The molecule has 0 aromatic heterocycles. The van der Waals surface area contributed by atoms with Crippen LogP contribution in [0.25, 0.3) is 0 Å². The molecule has 0 spiro atoms. The molecule has 2 atom stereocenters. The summed E-state index contributed by atoms with van der Waals surface area (Å²) in [5.41, 5.74) is 0.997. The van der Waals surface area contributed by atoms with Gasteiger partial charge in [-0.2, -0.15) is 0 Å². The maximum atomic E-state index is 14.3. The smallest absolute Gasteiger partial charge is 0.410 e. The van der Waals surface area contributed by atoms with Crippen molar-refractivity contribution in [2.24, 2.45) is 5.92 Å². The molecule has 1 aromatic carbocycles. The highest BCUT2D eigenvalue weighted by molar-refractivity contribution is 5.97. The van der Waals surface area contributed by atoms with E-state index in [1.807, 2.05) is 0 Å². The highest BCUT2D eigenvalue weighted by Gasteiger charge is 2.37. The predicted octanol–water partition coefficient (Wildman–Crippen LogP) is 3.08. The molecule has 0 saturated carbocycles. The number of fused-ring (bicyclic) bond motifs is 1. The Bertz CT molecular complexity index is 772. The number of likely N-dealkylation sites (tertiary alicyclic amines) is 1. The monoisotopic (exact) mass is 376 g/mol. The van der Waals surface area contributed by atoms with E-state index in [2.05, 4.69) is 5.32 Å². The molecule has 1 fully saturated rings. The number of hydrogen-bond acceptors (Lipinski definition) is 4. The number of anilines is 1. The van der Waals surface area contributed by atoms with Crippen LogP contribution in [0.5, 0.6) is 0 Å². The van der Waals surface area contributed by atoms with Gasteiger partial charge in [0.25, 0.3) is 0 Å². The first-order valence-corrected chi connectivity index (χ1v) is 9.25. The lowest BCUT2D eigenvalue weighted by Crippen LogP contribution is -2.45. The van der Waals surface area contributed by atoms with E-state index in [1.165, 1.54) is 11.0 Å². The molecule has 1 saturated heterocycles. The normalized spacial score (nSPS) is 21.7. The van der Waals surface area contributed by atoms with Gasteiger partial charge in [-0.25, -0.2) is 9.18 Å². The topological polar surface area (TPSA) is 75.7 Å². The molecule has 3 rings (SSSR count). The molecule has 1 aliphatic carbocycles. The second-order valence-corrected chi connectivity index (χ2v) is 8.22. The standard InChI is InChI=1S/C20H25FN2O4/c1-20(2,3)27-19(26)23-6-4-5-17(23)18(25)22-14-9-13-7-12(11-24)8-15(13)16(21)10-14/h9-12,17H,4-8H2,1-3H3,(H,22,25)/t12?,17-/m0/s1. The van der Waals surface area contributed by atoms with E-state index in [1.54, 1.807) is 26.8 Å². The molecule has 1 heterocycles. The van der Waals surface area contributed by atoms with Crippen LogP contribution in [-0.4, -0.2) is 41.4 Å². The van der Waals surface area contributed by atoms with Crippen LogP contribution in [-0.2, 0) is 27.2 Å². The van der Waals surface area contributed by atoms with Crippen LogP contribution in [0.15, 0.2) is 12.1 Å². The quantitative estimate of drug-likeness (QED) is 0.823. The van der Waals surface area contributed by atoms with Gasteiger partial charge in [0.1, 0.15) is 23.7 Å². The number of hydrogen-bond donors (Lipinski definition) is 1. The Balaban J connectivity index is 1.71. The molecule has 7 heteroatoms. The maximum Gasteiger partial charge on any atom is 0.410 e. The highest BCUT2D eigenvalue weighted by atomic mass is 19.1. The minimum Gasteiger partial charge on any atom is -0.444 e. The van der Waals surface area contributed by atoms with Gasteiger partial charge in [0.2, 0.25) is 5.91 Å². The Morgan fingerprint density at radius 1 is 1.30 bits per heavy atom. The lowest BCUT2D eigenvalue weighted by molar-refractivity contribution is -0.120. The summed E-state index contributed by atoms with van der Waals surface area (Å²) in [5, 5.41) is 2.72. The van der Waals surface area contributed by atoms with Gasteiger partial charge in [0.15, 0.2) is 0 Å². The Morgan fingerprint density at radius 3 is 2.70 bits per heavy atom. The van der Waals surface area contributed by atoms with Gasteiger partial charge in [-0.3, -0.25) is 9.69 Å². The highest BCUT2D eigenvalue weighted by Crippen LogP contribution is 2.31. The molecule has 0 radical (unpaired) electrons. The second-order valence-electron chi connectivity index (χ2n) is 8.22. The first kappa shape index (κ1) is 19.3. The average molecular weight is 376 g/mol. The molecule has 2 aliphatic rings. The van der Waals surface area contributed by atoms with E-state index in [0.29, 0.717) is 43.5 Å². The zero-order chi connectivity index (χ0) is 19.8.